The smallest absolute Gasteiger partial charge is 0.292 e. The van der Waals surface area contributed by atoms with Crippen LogP contribution in [0.2, 0.25) is 0 Å². The topological polar surface area (TPSA) is 88.0 Å². The molecule has 8 nitrogen and oxygen atoms in total. The van der Waals surface area contributed by atoms with E-state index in [2.05, 4.69) is 17.1 Å². The summed E-state index contributed by atoms with van der Waals surface area (Å²) in [7, 11) is 1.69. The number of benzene rings is 1. The second-order valence-corrected chi connectivity index (χ2v) is 5.85. The van der Waals surface area contributed by atoms with Gasteiger partial charge in [0.15, 0.2) is 0 Å². The van der Waals surface area contributed by atoms with Crippen LogP contribution in [0, 0.1) is 10.1 Å². The third-order valence-corrected chi connectivity index (χ3v) is 4.23. The number of hydrogen-bond donors (Lipinski definition) is 1. The number of nitrogens with zero attached hydrogens (tertiary/aromatic N) is 3. The molecule has 132 valence electrons. The molecule has 1 aliphatic heterocycles. The zero-order valence-electron chi connectivity index (χ0n) is 14.1. The molecule has 0 unspecified atom stereocenters. The lowest BCUT2D eigenvalue weighted by atomic mass is 10.2. The van der Waals surface area contributed by atoms with E-state index in [9.17, 15) is 14.9 Å². The van der Waals surface area contributed by atoms with Crippen molar-refractivity contribution in [3.8, 4) is 0 Å². The number of methoxy groups -OCH3 is 1. The van der Waals surface area contributed by atoms with Gasteiger partial charge in [-0.3, -0.25) is 19.8 Å². The average Bonchev–Trinajstić information content (AvgIpc) is 2.60. The van der Waals surface area contributed by atoms with Gasteiger partial charge in [-0.05, 0) is 13.0 Å². The normalized spacial score (nSPS) is 16.7. The molecule has 1 aliphatic rings. The van der Waals surface area contributed by atoms with Gasteiger partial charge in [-0.1, -0.05) is 12.1 Å². The maximum Gasteiger partial charge on any atom is 0.292 e. The number of nitro groups is 1. The van der Waals surface area contributed by atoms with Crippen LogP contribution in [0.4, 0.5) is 11.4 Å². The Bertz CT molecular complexity index is 573. The summed E-state index contributed by atoms with van der Waals surface area (Å²) in [6, 6.07) is 6.66. The van der Waals surface area contributed by atoms with Gasteiger partial charge in [0, 0.05) is 45.4 Å². The second kappa shape index (κ2) is 8.60. The molecular formula is C16H24N4O4. The predicted molar refractivity (Wildman–Crippen MR) is 91.1 cm³/mol. The first-order chi connectivity index (χ1) is 11.5. The van der Waals surface area contributed by atoms with Crippen molar-refractivity contribution >= 4 is 17.3 Å². The number of carbonyl (C=O) groups excluding carboxylic acids is 1. The molecule has 0 saturated carbocycles. The maximum atomic E-state index is 12.3. The molecule has 1 fully saturated rings. The van der Waals surface area contributed by atoms with Crippen LogP contribution in [0.3, 0.4) is 0 Å². The fourth-order valence-electron chi connectivity index (χ4n) is 2.82. The van der Waals surface area contributed by atoms with Crippen LogP contribution in [0.1, 0.15) is 6.92 Å². The largest absolute Gasteiger partial charge is 0.383 e. The molecule has 0 aromatic heterocycles. The highest BCUT2D eigenvalue weighted by Gasteiger charge is 2.24. The molecule has 24 heavy (non-hydrogen) atoms. The van der Waals surface area contributed by atoms with Crippen LogP contribution in [-0.2, 0) is 9.53 Å². The van der Waals surface area contributed by atoms with Crippen molar-refractivity contribution in [2.45, 2.75) is 13.0 Å². The Labute approximate surface area is 141 Å². The van der Waals surface area contributed by atoms with E-state index in [0.717, 1.165) is 13.1 Å². The van der Waals surface area contributed by atoms with Crippen LogP contribution in [0.15, 0.2) is 24.3 Å². The number of nitrogens with one attached hydrogen (secondary N) is 1. The summed E-state index contributed by atoms with van der Waals surface area (Å²) in [4.78, 5) is 26.9. The van der Waals surface area contributed by atoms with Gasteiger partial charge >= 0.3 is 0 Å². The Kier molecular flexibility index (Phi) is 6.51. The molecule has 0 spiro atoms. The van der Waals surface area contributed by atoms with Gasteiger partial charge in [0.05, 0.1) is 18.1 Å². The molecule has 1 aromatic rings. The number of rotatable bonds is 7. The van der Waals surface area contributed by atoms with Crippen LogP contribution >= 0.6 is 0 Å². The number of ether oxygens (including phenoxy) is 1. The first-order valence-corrected chi connectivity index (χ1v) is 8.01. The summed E-state index contributed by atoms with van der Waals surface area (Å²) < 4.78 is 5.16. The standard InChI is InChI=1S/C16H24N4O4/c1-13(12-24-2)18-7-9-19(10-8-18)16(21)11-17-14-5-3-4-6-15(14)20(22)23/h3-6,13,17H,7-12H2,1-2H3/t13-/m0/s1. The monoisotopic (exact) mass is 336 g/mol. The molecule has 1 saturated heterocycles. The van der Waals surface area contributed by atoms with Crippen molar-refractivity contribution in [2.75, 3.05) is 51.8 Å². The average molecular weight is 336 g/mol. The highest BCUT2D eigenvalue weighted by molar-refractivity contribution is 5.82. The summed E-state index contributed by atoms with van der Waals surface area (Å²) in [5.41, 5.74) is 0.340. The lowest BCUT2D eigenvalue weighted by molar-refractivity contribution is -0.383. The first kappa shape index (κ1) is 18.2. The highest BCUT2D eigenvalue weighted by Crippen LogP contribution is 2.22. The van der Waals surface area contributed by atoms with Gasteiger partial charge in [0.1, 0.15) is 5.69 Å². The van der Waals surface area contributed by atoms with E-state index < -0.39 is 4.92 Å². The predicted octanol–water partition coefficient (Wildman–Crippen LogP) is 1.19. The van der Waals surface area contributed by atoms with Crippen molar-refractivity contribution in [3.63, 3.8) is 0 Å². The van der Waals surface area contributed by atoms with E-state index in [-0.39, 0.29) is 18.1 Å². The van der Waals surface area contributed by atoms with Gasteiger partial charge in [0.25, 0.3) is 5.69 Å². The van der Waals surface area contributed by atoms with Crippen molar-refractivity contribution in [1.29, 1.82) is 0 Å². The van der Waals surface area contributed by atoms with E-state index in [1.807, 2.05) is 0 Å². The fraction of sp³-hybridized carbons (Fsp3) is 0.562. The van der Waals surface area contributed by atoms with Crippen LogP contribution < -0.4 is 5.32 Å². The van der Waals surface area contributed by atoms with E-state index in [4.69, 9.17) is 4.74 Å². The van der Waals surface area contributed by atoms with Crippen LogP contribution in [-0.4, -0.2) is 73.1 Å². The van der Waals surface area contributed by atoms with Crippen molar-refractivity contribution < 1.29 is 14.5 Å². The Balaban J connectivity index is 1.83. The third kappa shape index (κ3) is 4.65. The molecule has 0 bridgehead atoms. The summed E-state index contributed by atoms with van der Waals surface area (Å²) >= 11 is 0. The summed E-state index contributed by atoms with van der Waals surface area (Å²) in [5, 5.41) is 13.9. The Morgan fingerprint density at radius 2 is 2.00 bits per heavy atom. The number of amides is 1. The molecule has 2 rings (SSSR count). The number of anilines is 1. The fourth-order valence-corrected chi connectivity index (χ4v) is 2.82. The molecule has 1 N–H and O–H groups in total. The zero-order chi connectivity index (χ0) is 17.5. The zero-order valence-corrected chi connectivity index (χ0v) is 14.1. The molecule has 1 heterocycles. The Morgan fingerprint density at radius 3 is 2.62 bits per heavy atom. The third-order valence-electron chi connectivity index (χ3n) is 4.23. The summed E-state index contributed by atoms with van der Waals surface area (Å²) in [6.07, 6.45) is 0. The SMILES string of the molecule is COC[C@H](C)N1CCN(C(=O)CNc2ccccc2[N+](=O)[O-])CC1. The molecule has 1 atom stereocenters. The van der Waals surface area contributed by atoms with Gasteiger partial charge in [-0.2, -0.15) is 0 Å². The summed E-state index contributed by atoms with van der Waals surface area (Å²) in [5.74, 6) is -0.0489. The van der Waals surface area contributed by atoms with E-state index >= 15 is 0 Å². The van der Waals surface area contributed by atoms with E-state index in [1.54, 1.807) is 30.2 Å². The van der Waals surface area contributed by atoms with Crippen LogP contribution in [0.25, 0.3) is 0 Å². The molecule has 1 amide bonds. The lowest BCUT2D eigenvalue weighted by Gasteiger charge is -2.37. The van der Waals surface area contributed by atoms with Gasteiger partial charge in [-0.25, -0.2) is 0 Å². The summed E-state index contributed by atoms with van der Waals surface area (Å²) in [6.45, 7) is 5.77. The Morgan fingerprint density at radius 1 is 1.33 bits per heavy atom. The maximum absolute atomic E-state index is 12.3. The van der Waals surface area contributed by atoms with Gasteiger partial charge in [-0.15, -0.1) is 0 Å². The minimum Gasteiger partial charge on any atom is -0.383 e. The number of hydrogen-bond acceptors (Lipinski definition) is 6. The van der Waals surface area contributed by atoms with Crippen molar-refractivity contribution in [1.82, 2.24) is 9.80 Å². The first-order valence-electron chi connectivity index (χ1n) is 8.01. The Hall–Kier alpha value is -2.19. The molecule has 0 radical (unpaired) electrons. The number of nitro benzene ring substituents is 1. The molecular weight excluding hydrogens is 312 g/mol. The minimum absolute atomic E-state index is 0.0245. The minimum atomic E-state index is -0.456. The van der Waals surface area contributed by atoms with Gasteiger partial charge in [0.2, 0.25) is 5.91 Å². The van der Waals surface area contributed by atoms with Crippen LogP contribution in [0.5, 0.6) is 0 Å². The van der Waals surface area contributed by atoms with E-state index in [1.165, 1.54) is 6.07 Å². The molecule has 0 aliphatic carbocycles. The number of para-hydroxylation sites is 2. The van der Waals surface area contributed by atoms with Crippen molar-refractivity contribution in [3.05, 3.63) is 34.4 Å². The van der Waals surface area contributed by atoms with Crippen molar-refractivity contribution in [2.24, 2.45) is 0 Å². The van der Waals surface area contributed by atoms with E-state index in [0.29, 0.717) is 31.4 Å². The second-order valence-electron chi connectivity index (χ2n) is 5.85. The highest BCUT2D eigenvalue weighted by atomic mass is 16.6. The number of carbonyl (C=O) groups is 1. The molecule has 1 aromatic carbocycles. The van der Waals surface area contributed by atoms with Gasteiger partial charge < -0.3 is 15.0 Å². The lowest BCUT2D eigenvalue weighted by Crippen LogP contribution is -2.53. The molecule has 8 heteroatoms. The number of piperazine rings is 1. The quantitative estimate of drug-likeness (QED) is 0.594.